The Morgan fingerprint density at radius 2 is 1.55 bits per heavy atom. The van der Waals surface area contributed by atoms with Crippen molar-refractivity contribution in [3.05, 3.63) is 88.2 Å². The molecule has 0 fully saturated rings. The second-order valence-electron chi connectivity index (χ2n) is 7.20. The van der Waals surface area contributed by atoms with E-state index in [-0.39, 0.29) is 5.56 Å². The van der Waals surface area contributed by atoms with Gasteiger partial charge in [0.25, 0.3) is 0 Å². The van der Waals surface area contributed by atoms with Gasteiger partial charge in [-0.2, -0.15) is 13.2 Å². The monoisotopic (exact) mass is 459 g/mol. The molecule has 3 aromatic rings. The second-order valence-corrected chi connectivity index (χ2v) is 7.20. The van der Waals surface area contributed by atoms with Crippen molar-refractivity contribution in [2.24, 2.45) is 0 Å². The first-order valence-corrected chi connectivity index (χ1v) is 9.78. The van der Waals surface area contributed by atoms with Crippen LogP contribution >= 0.6 is 0 Å². The van der Waals surface area contributed by atoms with E-state index in [0.717, 1.165) is 18.2 Å². The van der Waals surface area contributed by atoms with Crippen LogP contribution in [0, 0.1) is 13.8 Å². The lowest BCUT2D eigenvalue weighted by atomic mass is 10.1. The number of methoxy groups -OCH3 is 1. The van der Waals surface area contributed by atoms with Crippen LogP contribution in [-0.2, 0) is 15.7 Å². The van der Waals surface area contributed by atoms with Crippen LogP contribution in [0.5, 0.6) is 0 Å². The molecule has 1 aromatic heterocycles. The van der Waals surface area contributed by atoms with E-state index in [2.05, 4.69) is 4.74 Å². The number of Topliss-reactive ketones (excluding diaryl/α,β-unsaturated/α-hetero) is 1. The topological polar surface area (TPSA) is 74.6 Å². The Kier molecular flexibility index (Phi) is 6.71. The Hall–Kier alpha value is -3.88. The summed E-state index contributed by atoms with van der Waals surface area (Å²) in [6.45, 7) is 2.75. The normalized spacial score (nSPS) is 11.2. The van der Waals surface area contributed by atoms with Gasteiger partial charge in [0.2, 0.25) is 5.78 Å². The Bertz CT molecular complexity index is 1210. The molecule has 2 aromatic carbocycles. The van der Waals surface area contributed by atoms with Crippen LogP contribution in [-0.4, -0.2) is 36.0 Å². The first kappa shape index (κ1) is 23.8. The molecule has 0 saturated carbocycles. The first-order chi connectivity index (χ1) is 15.5. The predicted octanol–water partition coefficient (Wildman–Crippen LogP) is 4.94. The number of alkyl halides is 3. The third kappa shape index (κ3) is 4.97. The predicted molar refractivity (Wildman–Crippen MR) is 113 cm³/mol. The minimum absolute atomic E-state index is 0.265. The maximum atomic E-state index is 13.1. The number of hydrogen-bond donors (Lipinski definition) is 0. The number of ketones is 1. The van der Waals surface area contributed by atoms with Crippen LogP contribution in [0.25, 0.3) is 5.69 Å². The molecule has 9 heteroatoms. The van der Waals surface area contributed by atoms with E-state index < -0.39 is 41.6 Å². The van der Waals surface area contributed by atoms with Crippen LogP contribution in [0.4, 0.5) is 13.2 Å². The quantitative estimate of drug-likeness (QED) is 0.386. The number of carbonyl (C=O) groups excluding carboxylic acids is 3. The van der Waals surface area contributed by atoms with E-state index in [9.17, 15) is 27.6 Å². The summed E-state index contributed by atoms with van der Waals surface area (Å²) >= 11 is 0. The van der Waals surface area contributed by atoms with Crippen LogP contribution in [0.15, 0.2) is 54.6 Å². The molecule has 0 amide bonds. The van der Waals surface area contributed by atoms with Gasteiger partial charge in [-0.25, -0.2) is 9.59 Å². The number of nitrogens with zero attached hydrogens (tertiary/aromatic N) is 1. The van der Waals surface area contributed by atoms with Gasteiger partial charge in [0.1, 0.15) is 0 Å². The highest BCUT2D eigenvalue weighted by atomic mass is 19.4. The molecule has 3 rings (SSSR count). The SMILES string of the molecule is COC(=O)c1ccc(-n2c(C)cc(C(=O)COC(=O)c3ccccc3C(F)(F)F)c2C)cc1. The fourth-order valence-electron chi connectivity index (χ4n) is 3.50. The molecule has 0 bridgehead atoms. The number of aromatic nitrogens is 1. The lowest BCUT2D eigenvalue weighted by Gasteiger charge is -2.12. The number of halogens is 3. The van der Waals surface area contributed by atoms with Crippen molar-refractivity contribution >= 4 is 17.7 Å². The van der Waals surface area contributed by atoms with E-state index in [4.69, 9.17) is 4.74 Å². The van der Waals surface area contributed by atoms with E-state index >= 15 is 0 Å². The molecule has 0 spiro atoms. The molecule has 1 heterocycles. The van der Waals surface area contributed by atoms with Gasteiger partial charge < -0.3 is 14.0 Å². The standard InChI is InChI=1S/C24H20F3NO5/c1-14-12-19(15(2)28(14)17-10-8-16(9-11-17)22(30)32-3)21(29)13-33-23(31)18-6-4-5-7-20(18)24(25,26)27/h4-12H,13H2,1-3H3. The lowest BCUT2D eigenvalue weighted by molar-refractivity contribution is -0.138. The summed E-state index contributed by atoms with van der Waals surface area (Å²) in [4.78, 5) is 36.5. The minimum atomic E-state index is -4.73. The largest absolute Gasteiger partial charge is 0.465 e. The number of carbonyl (C=O) groups is 3. The van der Waals surface area contributed by atoms with Gasteiger partial charge in [-0.1, -0.05) is 12.1 Å². The van der Waals surface area contributed by atoms with E-state index in [1.54, 1.807) is 48.7 Å². The second kappa shape index (κ2) is 9.32. The van der Waals surface area contributed by atoms with Crippen LogP contribution in [0.1, 0.15) is 48.0 Å². The van der Waals surface area contributed by atoms with Crippen LogP contribution in [0.3, 0.4) is 0 Å². The molecular weight excluding hydrogens is 439 g/mol. The number of hydrogen-bond acceptors (Lipinski definition) is 5. The average molecular weight is 459 g/mol. The maximum Gasteiger partial charge on any atom is 0.417 e. The first-order valence-electron chi connectivity index (χ1n) is 9.78. The van der Waals surface area contributed by atoms with Crippen molar-refractivity contribution in [3.63, 3.8) is 0 Å². The van der Waals surface area contributed by atoms with Crippen molar-refractivity contribution in [3.8, 4) is 5.69 Å². The van der Waals surface area contributed by atoms with Crippen molar-refractivity contribution < 1.29 is 37.0 Å². The molecule has 0 atom stereocenters. The lowest BCUT2D eigenvalue weighted by Crippen LogP contribution is -2.18. The van der Waals surface area contributed by atoms with Gasteiger partial charge in [-0.3, -0.25) is 4.79 Å². The number of ether oxygens (including phenoxy) is 2. The Morgan fingerprint density at radius 3 is 2.15 bits per heavy atom. The molecule has 0 aliphatic carbocycles. The molecule has 0 saturated heterocycles. The van der Waals surface area contributed by atoms with E-state index in [0.29, 0.717) is 22.6 Å². The number of esters is 2. The summed E-state index contributed by atoms with van der Waals surface area (Å²) in [5.74, 6) is -2.27. The van der Waals surface area contributed by atoms with Crippen molar-refractivity contribution in [2.45, 2.75) is 20.0 Å². The summed E-state index contributed by atoms with van der Waals surface area (Å²) in [6.07, 6.45) is -4.73. The Labute approximate surface area is 187 Å². The average Bonchev–Trinajstić information content (AvgIpc) is 3.10. The summed E-state index contributed by atoms with van der Waals surface area (Å²) in [6, 6.07) is 12.4. The molecule has 0 unspecified atom stereocenters. The van der Waals surface area contributed by atoms with Crippen LogP contribution < -0.4 is 0 Å². The molecule has 0 N–H and O–H groups in total. The minimum Gasteiger partial charge on any atom is -0.465 e. The summed E-state index contributed by atoms with van der Waals surface area (Å²) in [5.41, 5.74) is 0.788. The van der Waals surface area contributed by atoms with E-state index in [1.165, 1.54) is 13.2 Å². The molecule has 0 aliphatic rings. The highest BCUT2D eigenvalue weighted by molar-refractivity contribution is 6.01. The van der Waals surface area contributed by atoms with Gasteiger partial charge in [0.05, 0.1) is 23.8 Å². The Balaban J connectivity index is 1.79. The van der Waals surface area contributed by atoms with Crippen molar-refractivity contribution in [2.75, 3.05) is 13.7 Å². The fourth-order valence-corrected chi connectivity index (χ4v) is 3.50. The Morgan fingerprint density at radius 1 is 0.909 bits per heavy atom. The highest BCUT2D eigenvalue weighted by Gasteiger charge is 2.35. The van der Waals surface area contributed by atoms with Gasteiger partial charge in [-0.15, -0.1) is 0 Å². The summed E-state index contributed by atoms with van der Waals surface area (Å²) in [7, 11) is 1.28. The summed E-state index contributed by atoms with van der Waals surface area (Å²) < 4.78 is 50.7. The highest BCUT2D eigenvalue weighted by Crippen LogP contribution is 2.32. The smallest absolute Gasteiger partial charge is 0.417 e. The molecular formula is C24H20F3NO5. The van der Waals surface area contributed by atoms with Crippen molar-refractivity contribution in [1.82, 2.24) is 4.57 Å². The van der Waals surface area contributed by atoms with Gasteiger partial charge in [0.15, 0.2) is 6.61 Å². The van der Waals surface area contributed by atoms with Gasteiger partial charge in [-0.05, 0) is 56.3 Å². The number of rotatable bonds is 6. The van der Waals surface area contributed by atoms with Crippen molar-refractivity contribution in [1.29, 1.82) is 0 Å². The zero-order valence-electron chi connectivity index (χ0n) is 18.0. The molecule has 0 aliphatic heterocycles. The maximum absolute atomic E-state index is 13.1. The molecule has 33 heavy (non-hydrogen) atoms. The zero-order valence-corrected chi connectivity index (χ0v) is 18.0. The third-order valence-electron chi connectivity index (χ3n) is 5.06. The third-order valence-corrected chi connectivity index (χ3v) is 5.06. The van der Waals surface area contributed by atoms with Crippen LogP contribution in [0.2, 0.25) is 0 Å². The van der Waals surface area contributed by atoms with Gasteiger partial charge in [0, 0.05) is 22.6 Å². The molecule has 0 radical (unpaired) electrons. The molecule has 172 valence electrons. The van der Waals surface area contributed by atoms with E-state index in [1.807, 2.05) is 0 Å². The summed E-state index contributed by atoms with van der Waals surface area (Å²) in [5, 5.41) is 0. The molecule has 6 nitrogen and oxygen atoms in total. The zero-order chi connectivity index (χ0) is 24.3. The fraction of sp³-hybridized carbons (Fsp3) is 0.208. The number of benzene rings is 2. The van der Waals surface area contributed by atoms with Gasteiger partial charge >= 0.3 is 18.1 Å². The number of aryl methyl sites for hydroxylation is 1.